The van der Waals surface area contributed by atoms with Gasteiger partial charge in [0, 0.05) is 11.1 Å². The van der Waals surface area contributed by atoms with E-state index in [1.807, 2.05) is 49.4 Å². The van der Waals surface area contributed by atoms with E-state index in [9.17, 15) is 9.18 Å². The molecule has 0 radical (unpaired) electrons. The van der Waals surface area contributed by atoms with Gasteiger partial charge in [0.05, 0.1) is 10.9 Å². The van der Waals surface area contributed by atoms with E-state index in [1.165, 1.54) is 35.2 Å². The topological polar surface area (TPSA) is 46.9 Å². The van der Waals surface area contributed by atoms with Crippen molar-refractivity contribution in [3.8, 4) is 5.69 Å². The molecule has 0 aliphatic carbocycles. The summed E-state index contributed by atoms with van der Waals surface area (Å²) in [6.07, 6.45) is 0. The Hall–Kier alpha value is -2.55. The van der Waals surface area contributed by atoms with Crippen molar-refractivity contribution in [3.63, 3.8) is 0 Å². The molecule has 146 valence electrons. The number of hydrogen-bond acceptors (Lipinski definition) is 5. The fraction of sp³-hybridized carbons (Fsp3) is 0.0952. The van der Waals surface area contributed by atoms with Gasteiger partial charge in [-0.25, -0.2) is 9.07 Å². The Bertz CT molecular complexity index is 1230. The summed E-state index contributed by atoms with van der Waals surface area (Å²) in [6, 6.07) is 19.7. The molecule has 0 saturated carbocycles. The highest BCUT2D eigenvalue weighted by atomic mass is 32.2. The monoisotopic (exact) mass is 441 g/mol. The lowest BCUT2D eigenvalue weighted by molar-refractivity contribution is -0.115. The molecule has 8 heteroatoms. The number of nitrogens with one attached hydrogen (secondary N) is 1. The summed E-state index contributed by atoms with van der Waals surface area (Å²) < 4.78 is 15.9. The summed E-state index contributed by atoms with van der Waals surface area (Å²) in [5.74, 6) is -0.426. The van der Waals surface area contributed by atoms with Gasteiger partial charge in [0.15, 0.2) is 8.29 Å². The molecule has 1 N–H and O–H groups in total. The van der Waals surface area contributed by atoms with E-state index in [1.54, 1.807) is 16.8 Å². The number of anilines is 1. The third-order valence-electron chi connectivity index (χ3n) is 4.29. The molecule has 0 unspecified atom stereocenters. The van der Waals surface area contributed by atoms with Gasteiger partial charge in [-0.1, -0.05) is 59.5 Å². The molecule has 29 heavy (non-hydrogen) atoms. The third-order valence-corrected chi connectivity index (χ3v) is 6.71. The lowest BCUT2D eigenvalue weighted by Gasteiger charge is -2.12. The summed E-state index contributed by atoms with van der Waals surface area (Å²) in [7, 11) is 0. The van der Waals surface area contributed by atoms with Crippen LogP contribution in [0, 0.1) is 9.77 Å². The van der Waals surface area contributed by atoms with Gasteiger partial charge in [0.1, 0.15) is 5.82 Å². The zero-order chi connectivity index (χ0) is 20.4. The normalized spacial score (nSPS) is 12.1. The standard InChI is InChI=1S/C21H16FN3OS3/c1-13(19(26)23-18-8-4-6-14-5-2-3-7-17(14)18)28-20-24-25(21(27)29-20)16-11-9-15(22)10-12-16/h2-13H,1H3,(H,23,26)/t13-/m1/s1. The van der Waals surface area contributed by atoms with Crippen molar-refractivity contribution in [1.29, 1.82) is 0 Å². The van der Waals surface area contributed by atoms with Gasteiger partial charge < -0.3 is 5.32 Å². The molecule has 4 nitrogen and oxygen atoms in total. The molecule has 4 aromatic rings. The fourth-order valence-electron chi connectivity index (χ4n) is 2.83. The Kier molecular flexibility index (Phi) is 5.75. The van der Waals surface area contributed by atoms with Crippen LogP contribution < -0.4 is 5.32 Å². The highest BCUT2D eigenvalue weighted by Crippen LogP contribution is 2.29. The van der Waals surface area contributed by atoms with Crippen LogP contribution in [0.3, 0.4) is 0 Å². The number of carbonyl (C=O) groups is 1. The van der Waals surface area contributed by atoms with Gasteiger partial charge in [-0.3, -0.25) is 4.79 Å². The van der Waals surface area contributed by atoms with Crippen LogP contribution in [0.4, 0.5) is 10.1 Å². The molecular weight excluding hydrogens is 425 g/mol. The van der Waals surface area contributed by atoms with E-state index in [4.69, 9.17) is 12.2 Å². The Labute approximate surface area is 180 Å². The number of thioether (sulfide) groups is 1. The van der Waals surface area contributed by atoms with Crippen molar-refractivity contribution in [2.75, 3.05) is 5.32 Å². The van der Waals surface area contributed by atoms with Gasteiger partial charge >= 0.3 is 0 Å². The highest BCUT2D eigenvalue weighted by Gasteiger charge is 2.18. The fourth-order valence-corrected chi connectivity index (χ4v) is 5.33. The molecule has 4 rings (SSSR count). The number of benzene rings is 3. The quantitative estimate of drug-likeness (QED) is 0.301. The van der Waals surface area contributed by atoms with E-state index < -0.39 is 0 Å². The molecule has 0 fully saturated rings. The van der Waals surface area contributed by atoms with Crippen LogP contribution in [0.5, 0.6) is 0 Å². The summed E-state index contributed by atoms with van der Waals surface area (Å²) >= 11 is 8.04. The molecule has 3 aromatic carbocycles. The molecule has 0 saturated heterocycles. The summed E-state index contributed by atoms with van der Waals surface area (Å²) in [4.78, 5) is 12.7. The average molecular weight is 442 g/mol. The number of nitrogens with zero attached hydrogens (tertiary/aromatic N) is 2. The smallest absolute Gasteiger partial charge is 0.237 e. The third kappa shape index (κ3) is 4.39. The van der Waals surface area contributed by atoms with E-state index in [0.717, 1.165) is 16.5 Å². The zero-order valence-corrected chi connectivity index (χ0v) is 17.8. The Morgan fingerprint density at radius 1 is 1.14 bits per heavy atom. The second-order valence-electron chi connectivity index (χ2n) is 6.30. The van der Waals surface area contributed by atoms with Gasteiger partial charge in [0.2, 0.25) is 5.91 Å². The molecule has 1 heterocycles. The van der Waals surface area contributed by atoms with Crippen LogP contribution in [0.1, 0.15) is 6.92 Å². The van der Waals surface area contributed by atoms with Crippen molar-refractivity contribution < 1.29 is 9.18 Å². The number of hydrogen-bond donors (Lipinski definition) is 1. The number of aromatic nitrogens is 2. The molecule has 1 aromatic heterocycles. The number of fused-ring (bicyclic) bond motifs is 1. The van der Waals surface area contributed by atoms with Crippen LogP contribution in [0.15, 0.2) is 71.1 Å². The van der Waals surface area contributed by atoms with Crippen molar-refractivity contribution in [1.82, 2.24) is 9.78 Å². The average Bonchev–Trinajstić information content (AvgIpc) is 3.08. The molecule has 0 spiro atoms. The van der Waals surface area contributed by atoms with E-state index in [-0.39, 0.29) is 17.0 Å². The van der Waals surface area contributed by atoms with Gasteiger partial charge in [-0.2, -0.15) is 0 Å². The zero-order valence-electron chi connectivity index (χ0n) is 15.3. The Morgan fingerprint density at radius 2 is 1.86 bits per heavy atom. The van der Waals surface area contributed by atoms with Gasteiger partial charge in [-0.15, -0.1) is 5.10 Å². The van der Waals surface area contributed by atoms with Crippen molar-refractivity contribution in [2.45, 2.75) is 16.5 Å². The number of amides is 1. The molecule has 0 aliphatic rings. The van der Waals surface area contributed by atoms with Crippen LogP contribution in [0.25, 0.3) is 16.5 Å². The number of halogens is 1. The molecule has 0 aliphatic heterocycles. The van der Waals surface area contributed by atoms with Gasteiger partial charge in [0.25, 0.3) is 0 Å². The van der Waals surface area contributed by atoms with Crippen molar-refractivity contribution >= 4 is 57.7 Å². The van der Waals surface area contributed by atoms with Crippen LogP contribution >= 0.6 is 35.3 Å². The first-order chi connectivity index (χ1) is 14.0. The maximum absolute atomic E-state index is 13.1. The number of carbonyl (C=O) groups excluding carboxylic acids is 1. The summed E-state index contributed by atoms with van der Waals surface area (Å²) in [5, 5.41) is 9.19. The van der Waals surface area contributed by atoms with Crippen molar-refractivity contribution in [2.24, 2.45) is 0 Å². The first-order valence-corrected chi connectivity index (χ1v) is 10.9. The molecular formula is C21H16FN3OS3. The maximum Gasteiger partial charge on any atom is 0.237 e. The minimum Gasteiger partial charge on any atom is -0.325 e. The van der Waals surface area contributed by atoms with Crippen LogP contribution in [-0.4, -0.2) is 20.9 Å². The second-order valence-corrected chi connectivity index (χ2v) is 9.51. The van der Waals surface area contributed by atoms with Crippen molar-refractivity contribution in [3.05, 3.63) is 76.5 Å². The van der Waals surface area contributed by atoms with Gasteiger partial charge in [-0.05, 0) is 54.9 Å². The molecule has 1 atom stereocenters. The molecule has 1 amide bonds. The number of rotatable bonds is 5. The van der Waals surface area contributed by atoms with E-state index in [2.05, 4.69) is 10.4 Å². The minimum atomic E-state index is -0.365. The summed E-state index contributed by atoms with van der Waals surface area (Å²) in [5.41, 5.74) is 1.47. The summed E-state index contributed by atoms with van der Waals surface area (Å²) in [6.45, 7) is 1.83. The largest absolute Gasteiger partial charge is 0.325 e. The Balaban J connectivity index is 1.50. The lowest BCUT2D eigenvalue weighted by atomic mass is 10.1. The highest BCUT2D eigenvalue weighted by molar-refractivity contribution is 8.02. The predicted octanol–water partition coefficient (Wildman–Crippen LogP) is 6.07. The van der Waals surface area contributed by atoms with E-state index >= 15 is 0 Å². The lowest BCUT2D eigenvalue weighted by Crippen LogP contribution is -2.22. The second kappa shape index (κ2) is 8.44. The SMILES string of the molecule is C[C@@H](Sc1nn(-c2ccc(F)cc2)c(=S)s1)C(=O)Nc1cccc2ccccc12. The first-order valence-electron chi connectivity index (χ1n) is 8.82. The van der Waals surface area contributed by atoms with Crippen LogP contribution in [-0.2, 0) is 4.79 Å². The first kappa shape index (κ1) is 19.8. The van der Waals surface area contributed by atoms with E-state index in [0.29, 0.717) is 14.0 Å². The maximum atomic E-state index is 13.1. The van der Waals surface area contributed by atoms with Crippen LogP contribution in [0.2, 0.25) is 0 Å². The Morgan fingerprint density at radius 3 is 2.66 bits per heavy atom. The molecule has 0 bridgehead atoms. The minimum absolute atomic E-state index is 0.110. The predicted molar refractivity (Wildman–Crippen MR) is 120 cm³/mol.